The van der Waals surface area contributed by atoms with Gasteiger partial charge in [0, 0.05) is 30.0 Å². The number of aryl methyl sites for hydroxylation is 1. The molecular formula is C18H23FN4. The van der Waals surface area contributed by atoms with Gasteiger partial charge < -0.3 is 10.2 Å². The van der Waals surface area contributed by atoms with Crippen LogP contribution in [-0.4, -0.2) is 22.6 Å². The molecule has 5 heteroatoms. The molecule has 23 heavy (non-hydrogen) atoms. The molecule has 0 spiro atoms. The zero-order valence-corrected chi connectivity index (χ0v) is 13.7. The highest BCUT2D eigenvalue weighted by Crippen LogP contribution is 2.26. The zero-order chi connectivity index (χ0) is 16.2. The minimum atomic E-state index is -0.247. The Morgan fingerprint density at radius 3 is 2.70 bits per heavy atom. The van der Waals surface area contributed by atoms with Crippen LogP contribution in [0.15, 0.2) is 30.3 Å². The molecule has 1 atom stereocenters. The second-order valence-corrected chi connectivity index (χ2v) is 6.11. The molecule has 1 fully saturated rings. The highest BCUT2D eigenvalue weighted by molar-refractivity contribution is 5.56. The predicted octanol–water partition coefficient (Wildman–Crippen LogP) is 4.30. The van der Waals surface area contributed by atoms with Crippen LogP contribution in [0.3, 0.4) is 0 Å². The number of halogens is 1. The Kier molecular flexibility index (Phi) is 4.74. The number of nitrogens with one attached hydrogen (secondary N) is 1. The standard InChI is InChI=1S/C18H23FN4/c1-3-5-16-12-17(23-11-4-6-13(23)2)22-18(21-16)20-15-9-7-14(19)8-10-15/h7-10,12-13H,3-6,11H2,1-2H3,(H,20,21,22). The Balaban J connectivity index is 1.88. The Labute approximate surface area is 136 Å². The van der Waals surface area contributed by atoms with Crippen LogP contribution in [0.2, 0.25) is 0 Å². The van der Waals surface area contributed by atoms with E-state index in [-0.39, 0.29) is 5.82 Å². The first kappa shape index (κ1) is 15.7. The molecule has 1 aromatic heterocycles. The Morgan fingerprint density at radius 1 is 1.26 bits per heavy atom. The van der Waals surface area contributed by atoms with E-state index in [1.807, 2.05) is 0 Å². The summed E-state index contributed by atoms with van der Waals surface area (Å²) in [7, 11) is 0. The second kappa shape index (κ2) is 6.94. The van der Waals surface area contributed by atoms with Gasteiger partial charge in [-0.25, -0.2) is 9.37 Å². The van der Waals surface area contributed by atoms with E-state index in [1.165, 1.54) is 25.0 Å². The second-order valence-electron chi connectivity index (χ2n) is 6.11. The maximum atomic E-state index is 13.0. The molecule has 0 amide bonds. The van der Waals surface area contributed by atoms with Crippen LogP contribution in [0, 0.1) is 5.82 Å². The van der Waals surface area contributed by atoms with Crippen molar-refractivity contribution < 1.29 is 4.39 Å². The normalized spacial score (nSPS) is 17.5. The van der Waals surface area contributed by atoms with Crippen LogP contribution < -0.4 is 10.2 Å². The van der Waals surface area contributed by atoms with E-state index in [0.717, 1.165) is 36.6 Å². The van der Waals surface area contributed by atoms with Gasteiger partial charge in [-0.2, -0.15) is 4.98 Å². The summed E-state index contributed by atoms with van der Waals surface area (Å²) in [5, 5.41) is 3.19. The summed E-state index contributed by atoms with van der Waals surface area (Å²) >= 11 is 0. The molecular weight excluding hydrogens is 291 g/mol. The number of aromatic nitrogens is 2. The van der Waals surface area contributed by atoms with Crippen LogP contribution in [-0.2, 0) is 6.42 Å². The average Bonchev–Trinajstić information content (AvgIpc) is 2.96. The molecule has 3 rings (SSSR count). The van der Waals surface area contributed by atoms with Crippen molar-refractivity contribution in [2.24, 2.45) is 0 Å². The van der Waals surface area contributed by atoms with Crippen LogP contribution in [0.1, 0.15) is 38.8 Å². The predicted molar refractivity (Wildman–Crippen MR) is 91.8 cm³/mol. The van der Waals surface area contributed by atoms with Gasteiger partial charge in [-0.05, 0) is 50.5 Å². The molecule has 122 valence electrons. The number of benzene rings is 1. The van der Waals surface area contributed by atoms with Gasteiger partial charge in [-0.3, -0.25) is 0 Å². The molecule has 0 radical (unpaired) electrons. The van der Waals surface area contributed by atoms with E-state index >= 15 is 0 Å². The summed E-state index contributed by atoms with van der Waals surface area (Å²) in [4.78, 5) is 11.6. The summed E-state index contributed by atoms with van der Waals surface area (Å²) in [5.41, 5.74) is 1.83. The maximum absolute atomic E-state index is 13.0. The molecule has 1 saturated heterocycles. The Hall–Kier alpha value is -2.17. The van der Waals surface area contributed by atoms with E-state index in [4.69, 9.17) is 0 Å². The molecule has 1 aliphatic rings. The number of rotatable bonds is 5. The van der Waals surface area contributed by atoms with E-state index < -0.39 is 0 Å². The average molecular weight is 314 g/mol. The first-order valence-electron chi connectivity index (χ1n) is 8.33. The Morgan fingerprint density at radius 2 is 2.04 bits per heavy atom. The molecule has 1 aliphatic heterocycles. The molecule has 0 bridgehead atoms. The van der Waals surface area contributed by atoms with E-state index in [9.17, 15) is 4.39 Å². The highest BCUT2D eigenvalue weighted by atomic mass is 19.1. The molecule has 1 N–H and O–H groups in total. The first-order valence-corrected chi connectivity index (χ1v) is 8.33. The van der Waals surface area contributed by atoms with Crippen LogP contribution >= 0.6 is 0 Å². The van der Waals surface area contributed by atoms with Gasteiger partial charge in [-0.15, -0.1) is 0 Å². The molecule has 1 unspecified atom stereocenters. The lowest BCUT2D eigenvalue weighted by Gasteiger charge is -2.23. The molecule has 1 aromatic carbocycles. The highest BCUT2D eigenvalue weighted by Gasteiger charge is 2.22. The molecule has 0 aliphatic carbocycles. The van der Waals surface area contributed by atoms with E-state index in [1.54, 1.807) is 12.1 Å². The summed E-state index contributed by atoms with van der Waals surface area (Å²) in [6.07, 6.45) is 4.38. The van der Waals surface area contributed by atoms with Crippen molar-refractivity contribution >= 4 is 17.5 Å². The van der Waals surface area contributed by atoms with Crippen molar-refractivity contribution in [3.63, 3.8) is 0 Å². The van der Waals surface area contributed by atoms with Gasteiger partial charge in [0.15, 0.2) is 0 Å². The SMILES string of the molecule is CCCc1cc(N2CCCC2C)nc(Nc2ccc(F)cc2)n1. The number of hydrogen-bond acceptors (Lipinski definition) is 4. The summed E-state index contributed by atoms with van der Waals surface area (Å²) in [6, 6.07) is 8.87. The van der Waals surface area contributed by atoms with Crippen molar-refractivity contribution in [3.8, 4) is 0 Å². The smallest absolute Gasteiger partial charge is 0.229 e. The van der Waals surface area contributed by atoms with Crippen molar-refractivity contribution in [1.82, 2.24) is 9.97 Å². The van der Waals surface area contributed by atoms with Gasteiger partial charge in [0.05, 0.1) is 0 Å². The largest absolute Gasteiger partial charge is 0.354 e. The molecule has 4 nitrogen and oxygen atoms in total. The van der Waals surface area contributed by atoms with Gasteiger partial charge in [-0.1, -0.05) is 13.3 Å². The quantitative estimate of drug-likeness (QED) is 0.893. The van der Waals surface area contributed by atoms with Gasteiger partial charge in [0.2, 0.25) is 5.95 Å². The molecule has 2 heterocycles. The zero-order valence-electron chi connectivity index (χ0n) is 13.7. The van der Waals surface area contributed by atoms with Crippen molar-refractivity contribution in [2.75, 3.05) is 16.8 Å². The van der Waals surface area contributed by atoms with Gasteiger partial charge >= 0.3 is 0 Å². The van der Waals surface area contributed by atoms with E-state index in [0.29, 0.717) is 12.0 Å². The van der Waals surface area contributed by atoms with Crippen LogP contribution in [0.25, 0.3) is 0 Å². The van der Waals surface area contributed by atoms with Crippen LogP contribution in [0.5, 0.6) is 0 Å². The number of anilines is 3. The van der Waals surface area contributed by atoms with Crippen LogP contribution in [0.4, 0.5) is 21.8 Å². The summed E-state index contributed by atoms with van der Waals surface area (Å²) in [5.74, 6) is 1.32. The third kappa shape index (κ3) is 3.78. The van der Waals surface area contributed by atoms with Crippen molar-refractivity contribution in [1.29, 1.82) is 0 Å². The minimum absolute atomic E-state index is 0.247. The van der Waals surface area contributed by atoms with Crippen molar-refractivity contribution in [2.45, 2.75) is 45.6 Å². The maximum Gasteiger partial charge on any atom is 0.229 e. The number of hydrogen-bond donors (Lipinski definition) is 1. The fourth-order valence-corrected chi connectivity index (χ4v) is 3.01. The van der Waals surface area contributed by atoms with E-state index in [2.05, 4.69) is 40.1 Å². The van der Waals surface area contributed by atoms with Gasteiger partial charge in [0.1, 0.15) is 11.6 Å². The lowest BCUT2D eigenvalue weighted by Crippen LogP contribution is -2.27. The summed E-state index contributed by atoms with van der Waals surface area (Å²) in [6.45, 7) is 5.43. The monoisotopic (exact) mass is 314 g/mol. The molecule has 0 saturated carbocycles. The fraction of sp³-hybridized carbons (Fsp3) is 0.444. The fourth-order valence-electron chi connectivity index (χ4n) is 3.01. The third-order valence-corrected chi connectivity index (χ3v) is 4.22. The summed E-state index contributed by atoms with van der Waals surface area (Å²) < 4.78 is 13.0. The third-order valence-electron chi connectivity index (χ3n) is 4.22. The Bertz CT molecular complexity index is 657. The minimum Gasteiger partial charge on any atom is -0.354 e. The van der Waals surface area contributed by atoms with Gasteiger partial charge in [0.25, 0.3) is 0 Å². The lowest BCUT2D eigenvalue weighted by atomic mass is 10.2. The number of nitrogens with zero attached hydrogens (tertiary/aromatic N) is 3. The molecule has 2 aromatic rings. The first-order chi connectivity index (χ1) is 11.2. The van der Waals surface area contributed by atoms with Crippen molar-refractivity contribution in [3.05, 3.63) is 41.8 Å². The lowest BCUT2D eigenvalue weighted by molar-refractivity contribution is 0.628. The topological polar surface area (TPSA) is 41.1 Å².